The number of aryl methyl sites for hydroxylation is 1. The minimum atomic E-state index is 0.716. The number of oxazole rings is 1. The summed E-state index contributed by atoms with van der Waals surface area (Å²) in [6, 6.07) is 8.28. The van der Waals surface area contributed by atoms with Crippen LogP contribution in [0.15, 0.2) is 34.9 Å². The molecule has 106 valence electrons. The Morgan fingerprint density at radius 3 is 2.90 bits per heavy atom. The Hall–Kier alpha value is -1.65. The molecule has 1 aliphatic rings. The van der Waals surface area contributed by atoms with Gasteiger partial charge in [-0.15, -0.1) is 0 Å². The van der Waals surface area contributed by atoms with Gasteiger partial charge in [-0.2, -0.15) is 0 Å². The third-order valence-electron chi connectivity index (χ3n) is 3.67. The second-order valence-corrected chi connectivity index (χ2v) is 5.39. The smallest absolute Gasteiger partial charge is 0.226 e. The van der Waals surface area contributed by atoms with Crippen molar-refractivity contribution in [1.82, 2.24) is 15.2 Å². The molecule has 0 atom stereocenters. The molecule has 20 heavy (non-hydrogen) atoms. The first-order valence-electron chi connectivity index (χ1n) is 7.26. The van der Waals surface area contributed by atoms with Crippen LogP contribution in [-0.2, 0) is 6.54 Å². The van der Waals surface area contributed by atoms with Crippen LogP contribution < -0.4 is 5.32 Å². The summed E-state index contributed by atoms with van der Waals surface area (Å²) in [6.07, 6.45) is 2.98. The fourth-order valence-electron chi connectivity index (χ4n) is 2.50. The number of aromatic nitrogens is 1. The minimum absolute atomic E-state index is 0.716. The fraction of sp³-hybridized carbons (Fsp3) is 0.438. The first-order valence-corrected chi connectivity index (χ1v) is 7.26. The number of hydrogen-bond donors (Lipinski definition) is 1. The van der Waals surface area contributed by atoms with Crippen LogP contribution in [0.2, 0.25) is 0 Å². The Labute approximate surface area is 119 Å². The van der Waals surface area contributed by atoms with Gasteiger partial charge in [-0.1, -0.05) is 17.7 Å². The van der Waals surface area contributed by atoms with E-state index in [1.165, 1.54) is 12.0 Å². The number of rotatable bonds is 3. The van der Waals surface area contributed by atoms with Crippen molar-refractivity contribution in [2.75, 3.05) is 26.2 Å². The van der Waals surface area contributed by atoms with Crippen LogP contribution >= 0.6 is 0 Å². The third kappa shape index (κ3) is 3.26. The van der Waals surface area contributed by atoms with E-state index < -0.39 is 0 Å². The molecule has 0 amide bonds. The van der Waals surface area contributed by atoms with Crippen molar-refractivity contribution in [2.24, 2.45) is 0 Å². The molecule has 2 aromatic rings. The first-order chi connectivity index (χ1) is 9.81. The molecule has 0 bridgehead atoms. The lowest BCUT2D eigenvalue weighted by atomic mass is 10.1. The van der Waals surface area contributed by atoms with E-state index in [9.17, 15) is 0 Å². The van der Waals surface area contributed by atoms with E-state index >= 15 is 0 Å². The van der Waals surface area contributed by atoms with Gasteiger partial charge in [0.25, 0.3) is 0 Å². The minimum Gasteiger partial charge on any atom is -0.444 e. The molecule has 1 saturated heterocycles. The second kappa shape index (κ2) is 6.20. The SMILES string of the molecule is Cc1ccc(-c2nc(CN3CCCNCC3)co2)cc1. The van der Waals surface area contributed by atoms with Gasteiger partial charge in [-0.25, -0.2) is 4.98 Å². The van der Waals surface area contributed by atoms with Gasteiger partial charge in [-0.05, 0) is 38.6 Å². The molecule has 4 heteroatoms. The Balaban J connectivity index is 1.68. The molecule has 1 fully saturated rings. The number of benzene rings is 1. The van der Waals surface area contributed by atoms with Crippen molar-refractivity contribution in [2.45, 2.75) is 19.9 Å². The maximum atomic E-state index is 5.61. The van der Waals surface area contributed by atoms with Crippen molar-refractivity contribution >= 4 is 0 Å². The van der Waals surface area contributed by atoms with Gasteiger partial charge in [-0.3, -0.25) is 4.90 Å². The summed E-state index contributed by atoms with van der Waals surface area (Å²) in [5.74, 6) is 0.716. The first kappa shape index (κ1) is 13.3. The lowest BCUT2D eigenvalue weighted by Gasteiger charge is -2.17. The highest BCUT2D eigenvalue weighted by atomic mass is 16.3. The van der Waals surface area contributed by atoms with Crippen molar-refractivity contribution < 1.29 is 4.42 Å². The highest BCUT2D eigenvalue weighted by Gasteiger charge is 2.12. The number of hydrogen-bond acceptors (Lipinski definition) is 4. The van der Waals surface area contributed by atoms with E-state index in [1.54, 1.807) is 6.26 Å². The quantitative estimate of drug-likeness (QED) is 0.931. The average molecular weight is 271 g/mol. The zero-order chi connectivity index (χ0) is 13.8. The molecule has 3 rings (SSSR count). The largest absolute Gasteiger partial charge is 0.444 e. The van der Waals surface area contributed by atoms with Crippen molar-refractivity contribution in [3.8, 4) is 11.5 Å². The predicted molar refractivity (Wildman–Crippen MR) is 79.4 cm³/mol. The Morgan fingerprint density at radius 2 is 2.05 bits per heavy atom. The standard InChI is InChI=1S/C16H21N3O/c1-13-3-5-14(6-4-13)16-18-15(12-20-16)11-19-9-2-7-17-8-10-19/h3-6,12,17H,2,7-11H2,1H3. The van der Waals surface area contributed by atoms with Crippen molar-refractivity contribution in [1.29, 1.82) is 0 Å². The molecule has 0 unspecified atom stereocenters. The number of nitrogens with zero attached hydrogens (tertiary/aromatic N) is 2. The van der Waals surface area contributed by atoms with Crippen LogP contribution in [0.25, 0.3) is 11.5 Å². The van der Waals surface area contributed by atoms with Crippen LogP contribution in [-0.4, -0.2) is 36.1 Å². The fourth-order valence-corrected chi connectivity index (χ4v) is 2.50. The van der Waals surface area contributed by atoms with E-state index in [-0.39, 0.29) is 0 Å². The summed E-state index contributed by atoms with van der Waals surface area (Å²) < 4.78 is 5.61. The van der Waals surface area contributed by atoms with Crippen molar-refractivity contribution in [3.05, 3.63) is 41.8 Å². The van der Waals surface area contributed by atoms with Gasteiger partial charge in [0.05, 0.1) is 5.69 Å². The van der Waals surface area contributed by atoms with Gasteiger partial charge < -0.3 is 9.73 Å². The van der Waals surface area contributed by atoms with Gasteiger partial charge >= 0.3 is 0 Å². The van der Waals surface area contributed by atoms with Gasteiger partial charge in [0.2, 0.25) is 5.89 Å². The second-order valence-electron chi connectivity index (χ2n) is 5.39. The summed E-state index contributed by atoms with van der Waals surface area (Å²) in [7, 11) is 0. The van der Waals surface area contributed by atoms with Crippen LogP contribution in [0, 0.1) is 6.92 Å². The number of nitrogens with one attached hydrogen (secondary N) is 1. The average Bonchev–Trinajstić information content (AvgIpc) is 2.76. The van der Waals surface area contributed by atoms with Gasteiger partial charge in [0.1, 0.15) is 6.26 Å². The molecule has 0 spiro atoms. The maximum absolute atomic E-state index is 5.61. The summed E-state index contributed by atoms with van der Waals surface area (Å²) in [5, 5.41) is 3.41. The van der Waals surface area contributed by atoms with E-state index in [0.717, 1.165) is 44.0 Å². The van der Waals surface area contributed by atoms with Crippen LogP contribution in [0.5, 0.6) is 0 Å². The monoisotopic (exact) mass is 271 g/mol. The van der Waals surface area contributed by atoms with E-state index in [0.29, 0.717) is 5.89 Å². The van der Waals surface area contributed by atoms with Crippen LogP contribution in [0.1, 0.15) is 17.7 Å². The van der Waals surface area contributed by atoms with E-state index in [2.05, 4.69) is 46.4 Å². The normalized spacial score (nSPS) is 17.1. The highest BCUT2D eigenvalue weighted by Crippen LogP contribution is 2.19. The molecule has 0 aliphatic carbocycles. The van der Waals surface area contributed by atoms with Crippen LogP contribution in [0.4, 0.5) is 0 Å². The molecule has 1 aromatic carbocycles. The maximum Gasteiger partial charge on any atom is 0.226 e. The third-order valence-corrected chi connectivity index (χ3v) is 3.67. The summed E-state index contributed by atoms with van der Waals surface area (Å²) in [4.78, 5) is 7.03. The molecule has 1 N–H and O–H groups in total. The molecule has 1 aliphatic heterocycles. The molecule has 2 heterocycles. The van der Waals surface area contributed by atoms with Crippen molar-refractivity contribution in [3.63, 3.8) is 0 Å². The zero-order valence-electron chi connectivity index (χ0n) is 11.9. The zero-order valence-corrected chi connectivity index (χ0v) is 11.9. The summed E-state index contributed by atoms with van der Waals surface area (Å²) in [5.41, 5.74) is 3.31. The Bertz CT molecular complexity index is 539. The lowest BCUT2D eigenvalue weighted by molar-refractivity contribution is 0.281. The van der Waals surface area contributed by atoms with Gasteiger partial charge in [0, 0.05) is 25.2 Å². The van der Waals surface area contributed by atoms with E-state index in [1.807, 2.05) is 0 Å². The highest BCUT2D eigenvalue weighted by molar-refractivity contribution is 5.53. The molecular weight excluding hydrogens is 250 g/mol. The molecule has 4 nitrogen and oxygen atoms in total. The molecular formula is C16H21N3O. The lowest BCUT2D eigenvalue weighted by Crippen LogP contribution is -2.27. The summed E-state index contributed by atoms with van der Waals surface area (Å²) >= 11 is 0. The Morgan fingerprint density at radius 1 is 1.20 bits per heavy atom. The molecule has 0 radical (unpaired) electrons. The molecule has 0 saturated carbocycles. The van der Waals surface area contributed by atoms with Crippen LogP contribution in [0.3, 0.4) is 0 Å². The van der Waals surface area contributed by atoms with Gasteiger partial charge in [0.15, 0.2) is 0 Å². The Kier molecular flexibility index (Phi) is 4.14. The predicted octanol–water partition coefficient (Wildman–Crippen LogP) is 2.45. The van der Waals surface area contributed by atoms with E-state index in [4.69, 9.17) is 4.42 Å². The topological polar surface area (TPSA) is 41.3 Å². The summed E-state index contributed by atoms with van der Waals surface area (Å²) in [6.45, 7) is 7.33. The molecule has 1 aromatic heterocycles.